The van der Waals surface area contributed by atoms with Crippen LogP contribution in [0.5, 0.6) is 5.75 Å². The average Bonchev–Trinajstić information content (AvgIpc) is 2.46. The second kappa shape index (κ2) is 6.74. The quantitative estimate of drug-likeness (QED) is 0.861. The molecule has 0 fully saturated rings. The number of carbonyl (C=O) groups excluding carboxylic acids is 1. The normalized spacial score (nSPS) is 11.1. The third kappa shape index (κ3) is 4.26. The summed E-state index contributed by atoms with van der Waals surface area (Å²) in [6.07, 6.45) is 4.13. The monoisotopic (exact) mass is 335 g/mol. The molecule has 2 rings (SSSR count). The number of benzene rings is 1. The van der Waals surface area contributed by atoms with Crippen molar-refractivity contribution in [2.24, 2.45) is 4.36 Å². The zero-order valence-corrected chi connectivity index (χ0v) is 13.8. The average molecular weight is 335 g/mol. The van der Waals surface area contributed by atoms with Crippen molar-refractivity contribution < 1.29 is 18.8 Å². The van der Waals surface area contributed by atoms with E-state index >= 15 is 0 Å². The van der Waals surface area contributed by atoms with Crippen LogP contribution in [0.2, 0.25) is 0 Å². The largest absolute Gasteiger partial charge is 0.507 e. The standard InChI is InChI=1S/C15H17N3O4S/c1-4-22-15(20)11-9-16-13(10-7-5-6-8-12(10)19)17-14(11)18-23(2,3)21/h5-9,19H,4H2,1-3H3. The molecule has 0 saturated carbocycles. The lowest BCUT2D eigenvalue weighted by molar-refractivity contribution is 0.0526. The van der Waals surface area contributed by atoms with Crippen molar-refractivity contribution in [1.29, 1.82) is 0 Å². The molecule has 0 spiro atoms. The van der Waals surface area contributed by atoms with Gasteiger partial charge in [-0.2, -0.15) is 4.36 Å². The fraction of sp³-hybridized carbons (Fsp3) is 0.267. The number of ether oxygens (including phenoxy) is 1. The van der Waals surface area contributed by atoms with E-state index in [0.29, 0.717) is 5.56 Å². The Kier molecular flexibility index (Phi) is 4.95. The lowest BCUT2D eigenvalue weighted by Crippen LogP contribution is -2.08. The fourth-order valence-electron chi connectivity index (χ4n) is 1.80. The van der Waals surface area contributed by atoms with Gasteiger partial charge in [0.2, 0.25) is 0 Å². The van der Waals surface area contributed by atoms with Gasteiger partial charge in [0.1, 0.15) is 11.3 Å². The van der Waals surface area contributed by atoms with Crippen LogP contribution < -0.4 is 0 Å². The summed E-state index contributed by atoms with van der Waals surface area (Å²) >= 11 is 0. The van der Waals surface area contributed by atoms with E-state index in [1.807, 2.05) is 0 Å². The van der Waals surface area contributed by atoms with E-state index in [0.717, 1.165) is 0 Å². The maximum Gasteiger partial charge on any atom is 0.343 e. The van der Waals surface area contributed by atoms with E-state index < -0.39 is 15.7 Å². The first kappa shape index (κ1) is 16.9. The summed E-state index contributed by atoms with van der Waals surface area (Å²) in [5, 5.41) is 9.89. The van der Waals surface area contributed by atoms with Crippen LogP contribution in [0.15, 0.2) is 34.8 Å². The number of carbonyl (C=O) groups is 1. The molecule has 1 aromatic carbocycles. The third-order valence-corrected chi connectivity index (χ3v) is 3.33. The molecule has 2 aromatic rings. The van der Waals surface area contributed by atoms with Crippen LogP contribution in [-0.2, 0) is 14.5 Å². The molecule has 1 N–H and O–H groups in total. The Bertz CT molecular complexity index is 850. The van der Waals surface area contributed by atoms with Gasteiger partial charge < -0.3 is 9.84 Å². The molecule has 0 bridgehead atoms. The van der Waals surface area contributed by atoms with Crippen molar-refractivity contribution in [2.45, 2.75) is 6.92 Å². The van der Waals surface area contributed by atoms with Gasteiger partial charge in [0, 0.05) is 28.4 Å². The summed E-state index contributed by atoms with van der Waals surface area (Å²) in [7, 11) is -2.54. The topological polar surface area (TPSA) is 102 Å². The fourth-order valence-corrected chi connectivity index (χ4v) is 2.35. The summed E-state index contributed by atoms with van der Waals surface area (Å²) in [4.78, 5) is 20.2. The smallest absolute Gasteiger partial charge is 0.343 e. The number of hydrogen-bond donors (Lipinski definition) is 1. The van der Waals surface area contributed by atoms with Crippen LogP contribution in [0.25, 0.3) is 11.4 Å². The molecule has 0 aliphatic carbocycles. The van der Waals surface area contributed by atoms with E-state index in [4.69, 9.17) is 4.74 Å². The summed E-state index contributed by atoms with van der Waals surface area (Å²) in [6, 6.07) is 6.52. The van der Waals surface area contributed by atoms with Crippen LogP contribution >= 0.6 is 0 Å². The van der Waals surface area contributed by atoms with Crippen LogP contribution in [0, 0.1) is 0 Å². The molecule has 0 amide bonds. The van der Waals surface area contributed by atoms with Crippen LogP contribution in [-0.4, -0.2) is 44.4 Å². The number of para-hydroxylation sites is 1. The minimum atomic E-state index is -2.54. The molecule has 0 unspecified atom stereocenters. The molecular formula is C15H17N3O4S. The Labute approximate surface area is 134 Å². The molecule has 0 atom stereocenters. The highest BCUT2D eigenvalue weighted by atomic mass is 32.2. The van der Waals surface area contributed by atoms with Crippen molar-refractivity contribution in [3.63, 3.8) is 0 Å². The number of aromatic hydroxyl groups is 1. The number of phenols is 1. The number of hydrogen-bond acceptors (Lipinski definition) is 7. The minimum Gasteiger partial charge on any atom is -0.507 e. The van der Waals surface area contributed by atoms with Gasteiger partial charge in [0.05, 0.1) is 12.2 Å². The Morgan fingerprint density at radius 1 is 1.35 bits per heavy atom. The SMILES string of the molecule is CCOC(=O)c1cnc(-c2ccccc2O)nc1N=S(C)(C)=O. The summed E-state index contributed by atoms with van der Waals surface area (Å²) in [6.45, 7) is 1.86. The molecule has 0 aliphatic heterocycles. The van der Waals surface area contributed by atoms with Gasteiger partial charge in [0.25, 0.3) is 0 Å². The minimum absolute atomic E-state index is 0.00364. The molecule has 23 heavy (non-hydrogen) atoms. The Hall–Kier alpha value is -2.48. The van der Waals surface area contributed by atoms with Gasteiger partial charge in [-0.15, -0.1) is 0 Å². The van der Waals surface area contributed by atoms with Gasteiger partial charge >= 0.3 is 5.97 Å². The summed E-state index contributed by atoms with van der Waals surface area (Å²) in [5.74, 6) is -0.486. The zero-order valence-electron chi connectivity index (χ0n) is 13.0. The molecule has 0 saturated heterocycles. The number of nitrogens with zero attached hydrogens (tertiary/aromatic N) is 3. The second-order valence-electron chi connectivity index (χ2n) is 4.94. The predicted molar refractivity (Wildman–Crippen MR) is 87.2 cm³/mol. The highest BCUT2D eigenvalue weighted by Gasteiger charge is 2.18. The highest BCUT2D eigenvalue weighted by Crippen LogP contribution is 2.28. The maximum atomic E-state index is 12.0. The molecule has 122 valence electrons. The molecule has 1 heterocycles. The van der Waals surface area contributed by atoms with Gasteiger partial charge in [-0.3, -0.25) is 0 Å². The first-order valence-corrected chi connectivity index (χ1v) is 9.14. The van der Waals surface area contributed by atoms with Gasteiger partial charge in [-0.05, 0) is 19.1 Å². The van der Waals surface area contributed by atoms with Gasteiger partial charge in [-0.1, -0.05) is 12.1 Å². The van der Waals surface area contributed by atoms with Crippen molar-refractivity contribution in [3.05, 3.63) is 36.0 Å². The predicted octanol–water partition coefficient (Wildman–Crippen LogP) is 2.39. The molecule has 0 aliphatic rings. The van der Waals surface area contributed by atoms with E-state index in [2.05, 4.69) is 14.3 Å². The first-order chi connectivity index (χ1) is 10.8. The van der Waals surface area contributed by atoms with Crippen LogP contribution in [0.1, 0.15) is 17.3 Å². The lowest BCUT2D eigenvalue weighted by atomic mass is 10.2. The molecule has 1 aromatic heterocycles. The summed E-state index contributed by atoms with van der Waals surface area (Å²) in [5.41, 5.74) is 0.417. The van der Waals surface area contributed by atoms with E-state index in [9.17, 15) is 14.1 Å². The van der Waals surface area contributed by atoms with Crippen molar-refractivity contribution in [2.75, 3.05) is 19.1 Å². The van der Waals surface area contributed by atoms with E-state index in [1.54, 1.807) is 25.1 Å². The Balaban J connectivity index is 2.63. The molecule has 0 radical (unpaired) electrons. The van der Waals surface area contributed by atoms with Crippen molar-refractivity contribution >= 4 is 21.5 Å². The zero-order chi connectivity index (χ0) is 17.0. The third-order valence-electron chi connectivity index (χ3n) is 2.72. The molecule has 7 nitrogen and oxygen atoms in total. The first-order valence-electron chi connectivity index (χ1n) is 6.81. The molecule has 8 heteroatoms. The highest BCUT2D eigenvalue weighted by molar-refractivity contribution is 7.92. The van der Waals surface area contributed by atoms with Gasteiger partial charge in [-0.25, -0.2) is 19.0 Å². The number of phenolic OH excluding ortho intramolecular Hbond substituents is 1. The number of esters is 1. The molecular weight excluding hydrogens is 318 g/mol. The summed E-state index contributed by atoms with van der Waals surface area (Å²) < 4.78 is 20.9. The maximum absolute atomic E-state index is 12.0. The van der Waals surface area contributed by atoms with E-state index in [-0.39, 0.29) is 29.6 Å². The van der Waals surface area contributed by atoms with Crippen molar-refractivity contribution in [3.8, 4) is 17.1 Å². The van der Waals surface area contributed by atoms with Crippen LogP contribution in [0.4, 0.5) is 5.82 Å². The van der Waals surface area contributed by atoms with E-state index in [1.165, 1.54) is 24.8 Å². The van der Waals surface area contributed by atoms with Crippen molar-refractivity contribution in [1.82, 2.24) is 9.97 Å². The Morgan fingerprint density at radius 3 is 2.65 bits per heavy atom. The Morgan fingerprint density at radius 2 is 2.04 bits per heavy atom. The van der Waals surface area contributed by atoms with Gasteiger partial charge in [0.15, 0.2) is 11.6 Å². The number of rotatable bonds is 4. The lowest BCUT2D eigenvalue weighted by Gasteiger charge is -2.08. The second-order valence-corrected chi connectivity index (χ2v) is 7.49. The number of aromatic nitrogens is 2. The van der Waals surface area contributed by atoms with Crippen LogP contribution in [0.3, 0.4) is 0 Å².